The summed E-state index contributed by atoms with van der Waals surface area (Å²) in [4.78, 5) is 10.9. The molecule has 20 heavy (non-hydrogen) atoms. The van der Waals surface area contributed by atoms with E-state index in [1.165, 1.54) is 12.1 Å². The van der Waals surface area contributed by atoms with E-state index in [0.29, 0.717) is 11.5 Å². The first-order chi connectivity index (χ1) is 9.41. The van der Waals surface area contributed by atoms with Gasteiger partial charge in [0.05, 0.1) is 10.6 Å². The second kappa shape index (κ2) is 5.63. The monoisotopic (exact) mass is 292 g/mol. The smallest absolute Gasteiger partial charge is 0.338 e. The number of benzene rings is 2. The van der Waals surface area contributed by atoms with Crippen LogP contribution in [0.15, 0.2) is 36.4 Å². The Kier molecular flexibility index (Phi) is 4.09. The maximum absolute atomic E-state index is 13.9. The van der Waals surface area contributed by atoms with E-state index in [9.17, 15) is 9.18 Å². The summed E-state index contributed by atoms with van der Waals surface area (Å²) in [6.45, 7) is 4.13. The molecule has 0 aliphatic heterocycles. The van der Waals surface area contributed by atoms with Crippen molar-refractivity contribution in [2.45, 2.75) is 19.8 Å². The van der Waals surface area contributed by atoms with Crippen molar-refractivity contribution in [3.05, 3.63) is 58.4 Å². The average molecular weight is 293 g/mol. The van der Waals surface area contributed by atoms with Crippen molar-refractivity contribution >= 4 is 17.6 Å². The third kappa shape index (κ3) is 2.68. The van der Waals surface area contributed by atoms with E-state index in [1.807, 2.05) is 24.3 Å². The van der Waals surface area contributed by atoms with E-state index >= 15 is 0 Å². The minimum Gasteiger partial charge on any atom is -0.478 e. The van der Waals surface area contributed by atoms with Crippen LogP contribution in [0.25, 0.3) is 11.1 Å². The Morgan fingerprint density at radius 2 is 1.95 bits per heavy atom. The molecule has 0 aliphatic rings. The lowest BCUT2D eigenvalue weighted by atomic mass is 9.96. The molecule has 0 radical (unpaired) electrons. The lowest BCUT2D eigenvalue weighted by Crippen LogP contribution is -2.01. The largest absolute Gasteiger partial charge is 0.478 e. The maximum Gasteiger partial charge on any atom is 0.338 e. The molecule has 0 unspecified atom stereocenters. The van der Waals surface area contributed by atoms with Gasteiger partial charge in [0.2, 0.25) is 0 Å². The third-order valence-corrected chi connectivity index (χ3v) is 3.55. The molecule has 0 aromatic heterocycles. The number of carboxylic acids is 1. The van der Waals surface area contributed by atoms with Gasteiger partial charge in [-0.3, -0.25) is 0 Å². The highest BCUT2D eigenvalue weighted by atomic mass is 35.5. The Hall–Kier alpha value is -1.87. The molecule has 0 aliphatic carbocycles. The number of carbonyl (C=O) groups is 1. The van der Waals surface area contributed by atoms with Gasteiger partial charge in [-0.2, -0.15) is 0 Å². The Labute approximate surface area is 121 Å². The highest BCUT2D eigenvalue weighted by Crippen LogP contribution is 2.33. The molecule has 4 heteroatoms. The molecule has 0 saturated carbocycles. The topological polar surface area (TPSA) is 37.3 Å². The van der Waals surface area contributed by atoms with Gasteiger partial charge in [0.1, 0.15) is 0 Å². The Morgan fingerprint density at radius 3 is 2.55 bits per heavy atom. The molecule has 0 saturated heterocycles. The fraction of sp³-hybridized carbons (Fsp3) is 0.188. The van der Waals surface area contributed by atoms with Crippen molar-refractivity contribution in [3.63, 3.8) is 0 Å². The predicted octanol–water partition coefficient (Wildman–Crippen LogP) is 4.97. The first kappa shape index (κ1) is 14.5. The van der Waals surface area contributed by atoms with Crippen molar-refractivity contribution < 1.29 is 14.3 Å². The first-order valence-corrected chi connectivity index (χ1v) is 6.61. The van der Waals surface area contributed by atoms with Gasteiger partial charge >= 0.3 is 5.97 Å². The summed E-state index contributed by atoms with van der Waals surface area (Å²) < 4.78 is 13.9. The fourth-order valence-corrected chi connectivity index (χ4v) is 2.28. The summed E-state index contributed by atoms with van der Waals surface area (Å²) >= 11 is 5.97. The summed E-state index contributed by atoms with van der Waals surface area (Å²) in [5.74, 6) is -1.88. The molecule has 0 atom stereocenters. The Morgan fingerprint density at radius 1 is 1.25 bits per heavy atom. The molecule has 2 nitrogen and oxygen atoms in total. The van der Waals surface area contributed by atoms with Crippen LogP contribution in [-0.4, -0.2) is 11.1 Å². The molecule has 0 bridgehead atoms. The second-order valence-corrected chi connectivity index (χ2v) is 5.25. The van der Waals surface area contributed by atoms with Gasteiger partial charge in [0.25, 0.3) is 0 Å². The lowest BCUT2D eigenvalue weighted by Gasteiger charge is -2.11. The molecule has 2 rings (SSSR count). The Balaban J connectivity index is 2.56. The summed E-state index contributed by atoms with van der Waals surface area (Å²) in [6.07, 6.45) is 0. The van der Waals surface area contributed by atoms with Crippen LogP contribution in [0.5, 0.6) is 0 Å². The van der Waals surface area contributed by atoms with Crippen LogP contribution in [0.3, 0.4) is 0 Å². The van der Waals surface area contributed by atoms with Gasteiger partial charge in [-0.15, -0.1) is 0 Å². The number of rotatable bonds is 3. The standard InChI is InChI=1S/C16H14ClFO2/c1-9(2)10-4-3-5-11(8-10)12-6-7-13(16(19)20)15(18)14(12)17/h3-9H,1-2H3,(H,19,20). The summed E-state index contributed by atoms with van der Waals surface area (Å²) in [5, 5.41) is 8.71. The van der Waals surface area contributed by atoms with E-state index in [2.05, 4.69) is 13.8 Å². The fourth-order valence-electron chi connectivity index (χ4n) is 2.00. The highest BCUT2D eigenvalue weighted by molar-refractivity contribution is 6.33. The molecule has 2 aromatic rings. The number of hydrogen-bond donors (Lipinski definition) is 1. The van der Waals surface area contributed by atoms with E-state index < -0.39 is 17.3 Å². The van der Waals surface area contributed by atoms with Gasteiger partial charge in [-0.05, 0) is 23.1 Å². The van der Waals surface area contributed by atoms with Crippen molar-refractivity contribution in [2.24, 2.45) is 0 Å². The molecule has 0 amide bonds. The van der Waals surface area contributed by atoms with Crippen molar-refractivity contribution in [1.82, 2.24) is 0 Å². The van der Waals surface area contributed by atoms with Crippen molar-refractivity contribution in [3.8, 4) is 11.1 Å². The van der Waals surface area contributed by atoms with Crippen LogP contribution < -0.4 is 0 Å². The van der Waals surface area contributed by atoms with Crippen molar-refractivity contribution in [1.29, 1.82) is 0 Å². The zero-order chi connectivity index (χ0) is 14.9. The number of carboxylic acid groups (broad SMARTS) is 1. The van der Waals surface area contributed by atoms with E-state index in [-0.39, 0.29) is 5.02 Å². The number of halogens is 2. The maximum atomic E-state index is 13.9. The minimum atomic E-state index is -1.33. The van der Waals surface area contributed by atoms with Crippen LogP contribution in [0.1, 0.15) is 35.7 Å². The van der Waals surface area contributed by atoms with Crippen LogP contribution in [0.4, 0.5) is 4.39 Å². The SMILES string of the molecule is CC(C)c1cccc(-c2ccc(C(=O)O)c(F)c2Cl)c1. The van der Waals surface area contributed by atoms with Gasteiger partial charge in [0, 0.05) is 5.56 Å². The molecule has 1 N–H and O–H groups in total. The van der Waals surface area contributed by atoms with Crippen LogP contribution in [0, 0.1) is 5.82 Å². The molecular formula is C16H14ClFO2. The van der Waals surface area contributed by atoms with Gasteiger partial charge < -0.3 is 5.11 Å². The van der Waals surface area contributed by atoms with Gasteiger partial charge in [0.15, 0.2) is 5.82 Å². The minimum absolute atomic E-state index is 0.161. The summed E-state index contributed by atoms with van der Waals surface area (Å²) in [5.41, 5.74) is 1.97. The zero-order valence-corrected chi connectivity index (χ0v) is 11.9. The second-order valence-electron chi connectivity index (χ2n) is 4.87. The number of hydrogen-bond acceptors (Lipinski definition) is 1. The Bertz CT molecular complexity index is 666. The van der Waals surface area contributed by atoms with Gasteiger partial charge in [-0.1, -0.05) is 55.8 Å². The summed E-state index contributed by atoms with van der Waals surface area (Å²) in [6, 6.07) is 10.4. The number of aromatic carboxylic acids is 1. The van der Waals surface area contributed by atoms with E-state index in [0.717, 1.165) is 11.1 Å². The van der Waals surface area contributed by atoms with Crippen LogP contribution in [0.2, 0.25) is 5.02 Å². The van der Waals surface area contributed by atoms with Gasteiger partial charge in [-0.25, -0.2) is 9.18 Å². The van der Waals surface area contributed by atoms with E-state index in [4.69, 9.17) is 16.7 Å². The summed E-state index contributed by atoms with van der Waals surface area (Å²) in [7, 11) is 0. The normalized spacial score (nSPS) is 10.8. The third-order valence-electron chi connectivity index (χ3n) is 3.18. The van der Waals surface area contributed by atoms with Crippen LogP contribution >= 0.6 is 11.6 Å². The zero-order valence-electron chi connectivity index (χ0n) is 11.2. The predicted molar refractivity (Wildman–Crippen MR) is 77.9 cm³/mol. The quantitative estimate of drug-likeness (QED) is 0.867. The van der Waals surface area contributed by atoms with E-state index in [1.54, 1.807) is 0 Å². The van der Waals surface area contributed by atoms with Crippen molar-refractivity contribution in [2.75, 3.05) is 0 Å². The molecule has 2 aromatic carbocycles. The molecule has 0 heterocycles. The van der Waals surface area contributed by atoms with Crippen LogP contribution in [-0.2, 0) is 0 Å². The molecule has 0 spiro atoms. The average Bonchev–Trinajstić information content (AvgIpc) is 2.41. The molecule has 0 fully saturated rings. The molecule has 104 valence electrons. The highest BCUT2D eigenvalue weighted by Gasteiger charge is 2.17. The lowest BCUT2D eigenvalue weighted by molar-refractivity contribution is 0.0692. The first-order valence-electron chi connectivity index (χ1n) is 6.23. The molecular weight excluding hydrogens is 279 g/mol.